The van der Waals surface area contributed by atoms with Crippen LogP contribution < -0.4 is 0 Å². The first-order valence-electron chi connectivity index (χ1n) is 10.6. The number of benzene rings is 3. The number of carbonyl (C=O) groups is 2. The second-order valence-electron chi connectivity index (χ2n) is 7.40. The van der Waals surface area contributed by atoms with Gasteiger partial charge in [-0.1, -0.05) is 24.3 Å². The third-order valence-electron chi connectivity index (χ3n) is 4.82. The van der Waals surface area contributed by atoms with E-state index < -0.39 is 21.8 Å². The number of hydrogen-bond donors (Lipinski definition) is 0. The quantitative estimate of drug-likeness (QED) is 0.168. The summed E-state index contributed by atoms with van der Waals surface area (Å²) in [6.45, 7) is 0.0863. The molecule has 0 atom stereocenters. The van der Waals surface area contributed by atoms with Crippen molar-refractivity contribution in [1.82, 2.24) is 0 Å². The molecule has 0 unspecified atom stereocenters. The molecule has 0 saturated carbocycles. The van der Waals surface area contributed by atoms with Crippen LogP contribution in [0.25, 0.3) is 12.2 Å². The predicted octanol–water partition coefficient (Wildman–Crippen LogP) is 5.02. The zero-order valence-corrected chi connectivity index (χ0v) is 18.8. The molecule has 0 aliphatic carbocycles. The number of non-ortho nitro benzene ring substituents is 2. The van der Waals surface area contributed by atoms with Crippen LogP contribution >= 0.6 is 0 Å². The SMILES string of the molecule is O=C(C=Cc1ccc([N+](=O)[O-])cc1)OCc1ccc(COC(=O)C=Cc2ccc([N+](=O)[O-])cc2)cc1. The monoisotopic (exact) mass is 488 g/mol. The summed E-state index contributed by atoms with van der Waals surface area (Å²) in [5.41, 5.74) is 2.65. The van der Waals surface area contributed by atoms with Crippen LogP contribution in [0.1, 0.15) is 22.3 Å². The Bertz CT molecular complexity index is 1190. The van der Waals surface area contributed by atoms with E-state index in [1.54, 1.807) is 24.3 Å². The molecule has 3 aromatic rings. The third-order valence-corrected chi connectivity index (χ3v) is 4.82. The van der Waals surface area contributed by atoms with Crippen molar-refractivity contribution in [2.45, 2.75) is 13.2 Å². The number of esters is 2. The van der Waals surface area contributed by atoms with Crippen molar-refractivity contribution in [3.8, 4) is 0 Å². The summed E-state index contributed by atoms with van der Waals surface area (Å²) in [6, 6.07) is 18.4. The van der Waals surface area contributed by atoms with Crippen LogP contribution in [0.5, 0.6) is 0 Å². The number of nitrogens with zero attached hydrogens (tertiary/aromatic N) is 2. The van der Waals surface area contributed by atoms with E-state index in [9.17, 15) is 29.8 Å². The average Bonchev–Trinajstić information content (AvgIpc) is 2.89. The topological polar surface area (TPSA) is 139 Å². The molecule has 0 aliphatic heterocycles. The summed E-state index contributed by atoms with van der Waals surface area (Å²) in [5, 5.41) is 21.3. The molecule has 10 nitrogen and oxygen atoms in total. The van der Waals surface area contributed by atoms with Gasteiger partial charge in [0.15, 0.2) is 0 Å². The number of hydrogen-bond acceptors (Lipinski definition) is 8. The lowest BCUT2D eigenvalue weighted by molar-refractivity contribution is -0.385. The zero-order valence-electron chi connectivity index (χ0n) is 18.8. The number of rotatable bonds is 10. The van der Waals surface area contributed by atoms with Crippen molar-refractivity contribution >= 4 is 35.5 Å². The molecule has 0 N–H and O–H groups in total. The second-order valence-corrected chi connectivity index (χ2v) is 7.40. The van der Waals surface area contributed by atoms with Crippen molar-refractivity contribution in [2.24, 2.45) is 0 Å². The molecule has 0 spiro atoms. The van der Waals surface area contributed by atoms with Crippen LogP contribution in [0.15, 0.2) is 84.9 Å². The molecule has 3 aromatic carbocycles. The van der Waals surface area contributed by atoms with Gasteiger partial charge in [0.25, 0.3) is 11.4 Å². The minimum absolute atomic E-state index is 0.0355. The minimum atomic E-state index is -0.564. The summed E-state index contributed by atoms with van der Waals surface area (Å²) >= 11 is 0. The highest BCUT2D eigenvalue weighted by molar-refractivity contribution is 5.87. The Balaban J connectivity index is 1.41. The standard InChI is InChI=1S/C26H20N2O8/c29-25(15-9-19-5-11-23(12-6-19)27(31)32)35-17-21-1-2-22(4-3-21)18-36-26(30)16-10-20-7-13-24(14-8-20)28(33)34/h1-16H,17-18H2. The van der Waals surface area contributed by atoms with Crippen LogP contribution in [-0.4, -0.2) is 21.8 Å². The maximum atomic E-state index is 11.9. The molecule has 36 heavy (non-hydrogen) atoms. The van der Waals surface area contributed by atoms with Gasteiger partial charge in [0.2, 0.25) is 0 Å². The highest BCUT2D eigenvalue weighted by Crippen LogP contribution is 2.14. The predicted molar refractivity (Wildman–Crippen MR) is 130 cm³/mol. The fourth-order valence-electron chi connectivity index (χ4n) is 2.88. The van der Waals surface area contributed by atoms with Crippen molar-refractivity contribution in [3.63, 3.8) is 0 Å². The van der Waals surface area contributed by atoms with Gasteiger partial charge in [-0.2, -0.15) is 0 Å². The summed E-state index contributed by atoms with van der Waals surface area (Å²) in [4.78, 5) is 44.1. The van der Waals surface area contributed by atoms with Gasteiger partial charge in [-0.15, -0.1) is 0 Å². The summed E-state index contributed by atoms with van der Waals surface area (Å²) in [6.07, 6.45) is 5.47. The van der Waals surface area contributed by atoms with Crippen molar-refractivity contribution in [1.29, 1.82) is 0 Å². The average molecular weight is 488 g/mol. The summed E-state index contributed by atoms with van der Waals surface area (Å²) in [7, 11) is 0. The van der Waals surface area contributed by atoms with Gasteiger partial charge < -0.3 is 9.47 Å². The number of ether oxygens (including phenoxy) is 2. The Labute approximate surface area is 205 Å². The first-order chi connectivity index (χ1) is 17.3. The van der Waals surface area contributed by atoms with Crippen LogP contribution in [0.4, 0.5) is 11.4 Å². The number of nitro benzene ring substituents is 2. The molecule has 0 fully saturated rings. The number of nitro groups is 2. The van der Waals surface area contributed by atoms with Crippen molar-refractivity contribution < 1.29 is 28.9 Å². The maximum Gasteiger partial charge on any atom is 0.331 e. The fourth-order valence-corrected chi connectivity index (χ4v) is 2.88. The van der Waals surface area contributed by atoms with Gasteiger partial charge in [-0.25, -0.2) is 9.59 Å². The number of carbonyl (C=O) groups excluding carboxylic acids is 2. The van der Waals surface area contributed by atoms with Crippen LogP contribution in [0.3, 0.4) is 0 Å². The zero-order chi connectivity index (χ0) is 25.9. The Morgan fingerprint density at radius 1 is 0.611 bits per heavy atom. The minimum Gasteiger partial charge on any atom is -0.458 e. The molecule has 0 radical (unpaired) electrons. The van der Waals surface area contributed by atoms with E-state index in [2.05, 4.69) is 0 Å². The van der Waals surface area contributed by atoms with E-state index in [-0.39, 0.29) is 24.6 Å². The third kappa shape index (κ3) is 8.03. The van der Waals surface area contributed by atoms with Gasteiger partial charge in [-0.05, 0) is 58.7 Å². The summed E-state index contributed by atoms with van der Waals surface area (Å²) < 4.78 is 10.4. The molecule has 3 rings (SSSR count). The van der Waals surface area contributed by atoms with Gasteiger partial charge in [0.05, 0.1) is 9.85 Å². The van der Waals surface area contributed by atoms with E-state index in [1.165, 1.54) is 72.8 Å². The molecule has 10 heteroatoms. The van der Waals surface area contributed by atoms with Crippen molar-refractivity contribution in [2.75, 3.05) is 0 Å². The largest absolute Gasteiger partial charge is 0.458 e. The Morgan fingerprint density at radius 3 is 1.25 bits per heavy atom. The van der Waals surface area contributed by atoms with Crippen LogP contribution in [0, 0.1) is 20.2 Å². The first kappa shape index (κ1) is 25.5. The molecule has 0 bridgehead atoms. The van der Waals surface area contributed by atoms with E-state index in [0.29, 0.717) is 11.1 Å². The second kappa shape index (κ2) is 12.4. The van der Waals surface area contributed by atoms with Gasteiger partial charge in [0.1, 0.15) is 13.2 Å². The molecule has 0 heterocycles. The molecular weight excluding hydrogens is 468 g/mol. The van der Waals surface area contributed by atoms with Crippen LogP contribution in [0.2, 0.25) is 0 Å². The summed E-state index contributed by atoms with van der Waals surface area (Å²) in [5.74, 6) is -1.13. The van der Waals surface area contributed by atoms with E-state index in [0.717, 1.165) is 11.1 Å². The first-order valence-corrected chi connectivity index (χ1v) is 10.6. The van der Waals surface area contributed by atoms with Crippen LogP contribution in [-0.2, 0) is 32.3 Å². The smallest absolute Gasteiger partial charge is 0.331 e. The normalized spacial score (nSPS) is 10.9. The molecule has 0 aliphatic rings. The molecule has 182 valence electrons. The molecular formula is C26H20N2O8. The lowest BCUT2D eigenvalue weighted by Crippen LogP contribution is -2.02. The van der Waals surface area contributed by atoms with Gasteiger partial charge in [-0.3, -0.25) is 20.2 Å². The highest BCUT2D eigenvalue weighted by Gasteiger charge is 2.05. The lowest BCUT2D eigenvalue weighted by Gasteiger charge is -2.05. The molecule has 0 aromatic heterocycles. The van der Waals surface area contributed by atoms with E-state index >= 15 is 0 Å². The van der Waals surface area contributed by atoms with Crippen molar-refractivity contribution in [3.05, 3.63) is 127 Å². The molecule has 0 saturated heterocycles. The van der Waals surface area contributed by atoms with Gasteiger partial charge in [0, 0.05) is 36.4 Å². The maximum absolute atomic E-state index is 11.9. The fraction of sp³-hybridized carbons (Fsp3) is 0.0769. The Kier molecular flexibility index (Phi) is 8.76. The lowest BCUT2D eigenvalue weighted by atomic mass is 10.1. The highest BCUT2D eigenvalue weighted by atomic mass is 16.6. The van der Waals surface area contributed by atoms with E-state index in [1.807, 2.05) is 0 Å². The molecule has 0 amide bonds. The Hall–Kier alpha value is -5.12. The van der Waals surface area contributed by atoms with E-state index in [4.69, 9.17) is 9.47 Å². The Morgan fingerprint density at radius 2 is 0.944 bits per heavy atom. The van der Waals surface area contributed by atoms with Gasteiger partial charge >= 0.3 is 11.9 Å².